The largest absolute Gasteiger partial charge is 0.497 e. The van der Waals surface area contributed by atoms with Crippen LogP contribution in [0.1, 0.15) is 81.9 Å². The van der Waals surface area contributed by atoms with Crippen molar-refractivity contribution in [1.29, 1.82) is 5.26 Å². The molecule has 2 heterocycles. The Kier molecular flexibility index (Phi) is 18.1. The molecule has 19 heteroatoms. The van der Waals surface area contributed by atoms with Crippen LogP contribution in [0.25, 0.3) is 10.9 Å². The predicted molar refractivity (Wildman–Crippen MR) is 259 cm³/mol. The van der Waals surface area contributed by atoms with E-state index in [9.17, 15) is 31.6 Å². The first kappa shape index (κ1) is 53.1. The SMILES string of the molecule is COc1ccc(C(OCC2OC(n3cc(CCCNC(=O)CC(F)(F)F)c4cc(NS(C)(=O)=O)ccc43)CC2OP(OCCC#N)N(C(C)C)C(C)C)(c2ccccc2)c2ccc(OC)cc2)cc1. The minimum Gasteiger partial charge on any atom is -0.497 e. The van der Waals surface area contributed by atoms with Crippen LogP contribution < -0.4 is 19.5 Å². The summed E-state index contributed by atoms with van der Waals surface area (Å²) < 4.78 is 109. The summed E-state index contributed by atoms with van der Waals surface area (Å²) in [7, 11) is -2.19. The minimum atomic E-state index is -4.63. The molecular weight excluding hydrogens is 935 g/mol. The van der Waals surface area contributed by atoms with E-state index in [0.29, 0.717) is 47.4 Å². The van der Waals surface area contributed by atoms with Crippen LogP contribution in [0.15, 0.2) is 103 Å². The fraction of sp³-hybridized carbons (Fsp3) is 0.440. The molecule has 1 aliphatic rings. The second-order valence-corrected chi connectivity index (χ2v) is 20.4. The lowest BCUT2D eigenvalue weighted by Gasteiger charge is -2.39. The highest BCUT2D eigenvalue weighted by molar-refractivity contribution is 7.92. The Morgan fingerprint density at radius 2 is 1.54 bits per heavy atom. The van der Waals surface area contributed by atoms with Crippen molar-refractivity contribution in [2.45, 2.75) is 102 Å². The summed E-state index contributed by atoms with van der Waals surface area (Å²) >= 11 is 0. The highest BCUT2D eigenvalue weighted by Crippen LogP contribution is 2.51. The predicted octanol–water partition coefficient (Wildman–Crippen LogP) is 9.99. The first-order chi connectivity index (χ1) is 32.8. The number of ether oxygens (including phenoxy) is 4. The van der Waals surface area contributed by atoms with E-state index in [4.69, 9.17) is 28.0 Å². The van der Waals surface area contributed by atoms with Crippen molar-refractivity contribution in [2.75, 3.05) is 45.0 Å². The number of carbonyl (C=O) groups excluding carboxylic acids is 1. The van der Waals surface area contributed by atoms with Crippen LogP contribution >= 0.6 is 8.53 Å². The van der Waals surface area contributed by atoms with Gasteiger partial charge in [0.15, 0.2) is 0 Å². The van der Waals surface area contributed by atoms with Gasteiger partial charge in [-0.1, -0.05) is 54.6 Å². The van der Waals surface area contributed by atoms with Gasteiger partial charge in [0, 0.05) is 42.3 Å². The third-order valence-corrected chi connectivity index (χ3v) is 14.3. The lowest BCUT2D eigenvalue weighted by molar-refractivity contribution is -0.153. The van der Waals surface area contributed by atoms with Crippen LogP contribution in [0.4, 0.5) is 18.9 Å². The number of rotatable bonds is 24. The molecular formula is C50H61F3N5O9PS. The van der Waals surface area contributed by atoms with E-state index in [1.165, 1.54) is 0 Å². The summed E-state index contributed by atoms with van der Waals surface area (Å²) in [6.07, 6.45) is -4.22. The van der Waals surface area contributed by atoms with Gasteiger partial charge in [0.1, 0.15) is 35.9 Å². The molecule has 4 unspecified atom stereocenters. The number of halogens is 3. The number of nitriles is 1. The maximum Gasteiger partial charge on any atom is 0.397 e. The topological polar surface area (TPSA) is 163 Å². The third kappa shape index (κ3) is 13.8. The maximum atomic E-state index is 12.9. The van der Waals surface area contributed by atoms with Crippen molar-refractivity contribution in [3.05, 3.63) is 126 Å². The molecule has 1 aliphatic heterocycles. The van der Waals surface area contributed by atoms with Crippen LogP contribution in [0, 0.1) is 11.3 Å². The molecule has 1 amide bonds. The summed E-state index contributed by atoms with van der Waals surface area (Å²) in [5, 5.41) is 12.5. The van der Waals surface area contributed by atoms with Gasteiger partial charge in [0.2, 0.25) is 15.9 Å². The molecule has 6 rings (SSSR count). The molecule has 0 saturated carbocycles. The van der Waals surface area contributed by atoms with Crippen molar-refractivity contribution >= 4 is 41.0 Å². The summed E-state index contributed by atoms with van der Waals surface area (Å²) in [6.45, 7) is 8.37. The van der Waals surface area contributed by atoms with Gasteiger partial charge in [0.25, 0.3) is 8.53 Å². The first-order valence-corrected chi connectivity index (χ1v) is 25.7. The van der Waals surface area contributed by atoms with E-state index >= 15 is 0 Å². The molecule has 14 nitrogen and oxygen atoms in total. The molecule has 4 atom stereocenters. The highest BCUT2D eigenvalue weighted by atomic mass is 32.2. The van der Waals surface area contributed by atoms with E-state index in [1.807, 2.05) is 89.6 Å². The Hall–Kier alpha value is -5.25. The normalized spacial score (nSPS) is 17.1. The standard InChI is InChI=1S/C50H61F3N5O9PS/c1-34(2)58(35(3)4)68(65-28-12-26-54)67-45-30-48(57-32-36(13-11-27-55-47(59)31-49(51,52)53)43-29-40(20-25-44(43)57)56-69(7,60)61)66-46(45)33-64-50(37-14-9-8-10-15-37,38-16-21-41(62-5)22-17-38)39-18-23-42(63-6)24-19-39/h8-10,14-25,29,32,34-35,45-46,48,56H,11-13,27-28,30-31,33H2,1-7H3,(H,55,59). The fourth-order valence-electron chi connectivity index (χ4n) is 8.62. The average molecular weight is 996 g/mol. The number of amides is 1. The number of aryl methyl sites for hydroxylation is 1. The zero-order chi connectivity index (χ0) is 49.9. The molecule has 69 heavy (non-hydrogen) atoms. The molecule has 372 valence electrons. The molecule has 5 aromatic rings. The number of hydrogen-bond donors (Lipinski definition) is 2. The molecule has 1 aromatic heterocycles. The zero-order valence-electron chi connectivity index (χ0n) is 39.9. The van der Waals surface area contributed by atoms with Gasteiger partial charge in [-0.3, -0.25) is 9.52 Å². The number of anilines is 1. The molecule has 0 spiro atoms. The lowest BCUT2D eigenvalue weighted by Crippen LogP contribution is -2.39. The number of methoxy groups -OCH3 is 2. The number of nitrogens with one attached hydrogen (secondary N) is 2. The lowest BCUT2D eigenvalue weighted by atomic mass is 9.80. The van der Waals surface area contributed by atoms with Gasteiger partial charge < -0.3 is 37.9 Å². The summed E-state index contributed by atoms with van der Waals surface area (Å²) in [6, 6.07) is 32.6. The van der Waals surface area contributed by atoms with Gasteiger partial charge in [-0.15, -0.1) is 0 Å². The minimum absolute atomic E-state index is 0.00492. The van der Waals surface area contributed by atoms with E-state index in [1.54, 1.807) is 32.4 Å². The Labute approximate surface area is 404 Å². The van der Waals surface area contributed by atoms with Gasteiger partial charge >= 0.3 is 6.18 Å². The van der Waals surface area contributed by atoms with Crippen molar-refractivity contribution in [2.24, 2.45) is 0 Å². The number of nitrogens with zero attached hydrogens (tertiary/aromatic N) is 3. The maximum absolute atomic E-state index is 12.9. The van der Waals surface area contributed by atoms with Crippen LogP contribution in [0.5, 0.6) is 11.5 Å². The Morgan fingerprint density at radius 1 is 0.928 bits per heavy atom. The number of hydrogen-bond acceptors (Lipinski definition) is 11. The van der Waals surface area contributed by atoms with E-state index in [0.717, 1.165) is 28.5 Å². The third-order valence-electron chi connectivity index (χ3n) is 11.5. The monoisotopic (exact) mass is 995 g/mol. The highest BCUT2D eigenvalue weighted by Gasteiger charge is 2.45. The molecule has 0 aliphatic carbocycles. The molecule has 2 N–H and O–H groups in total. The van der Waals surface area contributed by atoms with Gasteiger partial charge in [0.05, 0.1) is 57.8 Å². The van der Waals surface area contributed by atoms with Gasteiger partial charge in [-0.05, 0) is 105 Å². The smallest absolute Gasteiger partial charge is 0.397 e. The molecule has 0 radical (unpaired) electrons. The quantitative estimate of drug-likeness (QED) is 0.0344. The second kappa shape index (κ2) is 23.6. The van der Waals surface area contributed by atoms with E-state index in [2.05, 4.69) is 48.5 Å². The van der Waals surface area contributed by atoms with Crippen LogP contribution in [-0.4, -0.2) is 94.3 Å². The van der Waals surface area contributed by atoms with Crippen molar-refractivity contribution in [3.63, 3.8) is 0 Å². The summed E-state index contributed by atoms with van der Waals surface area (Å²) in [5.74, 6) is 0.210. The van der Waals surface area contributed by atoms with Crippen LogP contribution in [0.2, 0.25) is 0 Å². The number of benzene rings is 4. The van der Waals surface area contributed by atoms with E-state index in [-0.39, 0.29) is 38.3 Å². The number of fused-ring (bicyclic) bond motifs is 1. The first-order valence-electron chi connectivity index (χ1n) is 22.7. The number of carbonyl (C=O) groups is 1. The van der Waals surface area contributed by atoms with E-state index < -0.39 is 61.1 Å². The van der Waals surface area contributed by atoms with Gasteiger partial charge in [-0.25, -0.2) is 13.1 Å². The Morgan fingerprint density at radius 3 is 2.09 bits per heavy atom. The zero-order valence-corrected chi connectivity index (χ0v) is 41.6. The molecule has 1 saturated heterocycles. The molecule has 0 bridgehead atoms. The Bertz CT molecular complexity index is 2560. The number of aromatic nitrogens is 1. The van der Waals surface area contributed by atoms with Crippen LogP contribution in [0.3, 0.4) is 0 Å². The Balaban J connectivity index is 1.44. The van der Waals surface area contributed by atoms with Crippen molar-refractivity contribution < 1.29 is 54.4 Å². The number of sulfonamides is 1. The molecule has 1 fully saturated rings. The summed E-state index contributed by atoms with van der Waals surface area (Å²) in [5.41, 5.74) is 3.04. The average Bonchev–Trinajstić information content (AvgIpc) is 3.87. The summed E-state index contributed by atoms with van der Waals surface area (Å²) in [4.78, 5) is 12.0. The van der Waals surface area contributed by atoms with Crippen LogP contribution in [-0.2, 0) is 45.4 Å². The number of alkyl halides is 3. The second-order valence-electron chi connectivity index (χ2n) is 17.3. The molecule has 4 aromatic carbocycles. The van der Waals surface area contributed by atoms with Gasteiger partial charge in [-0.2, -0.15) is 18.4 Å². The van der Waals surface area contributed by atoms with Crippen molar-refractivity contribution in [3.8, 4) is 17.6 Å². The van der Waals surface area contributed by atoms with Crippen molar-refractivity contribution in [1.82, 2.24) is 14.6 Å². The fourth-order valence-corrected chi connectivity index (χ4v) is 10.9.